The number of nitrogens with zero attached hydrogens (tertiary/aromatic N) is 3. The Kier molecular flexibility index (Phi) is 3.73. The number of nitrogens with one attached hydrogen (secondary N) is 1. The van der Waals surface area contributed by atoms with Gasteiger partial charge in [0.25, 0.3) is 0 Å². The first kappa shape index (κ1) is 12.8. The molecule has 0 aromatic carbocycles. The highest BCUT2D eigenvalue weighted by atomic mass is 32.1. The Morgan fingerprint density at radius 1 is 1.25 bits per heavy atom. The Labute approximate surface area is 120 Å². The second-order valence-corrected chi connectivity index (χ2v) is 5.01. The number of rotatable bonds is 5. The van der Waals surface area contributed by atoms with E-state index in [2.05, 4.69) is 20.3 Å². The number of fused-ring (bicyclic) bond motifs is 1. The van der Waals surface area contributed by atoms with Crippen LogP contribution >= 0.6 is 11.3 Å². The molecular weight excluding hydrogens is 272 g/mol. The van der Waals surface area contributed by atoms with Crippen LogP contribution in [-0.2, 0) is 6.54 Å². The molecular formula is C14H14N4OS. The van der Waals surface area contributed by atoms with E-state index in [0.29, 0.717) is 19.0 Å². The molecule has 1 N–H and O–H groups in total. The van der Waals surface area contributed by atoms with Gasteiger partial charge in [-0.25, -0.2) is 15.0 Å². The van der Waals surface area contributed by atoms with E-state index in [1.807, 2.05) is 30.5 Å². The average Bonchev–Trinajstić information content (AvgIpc) is 2.96. The van der Waals surface area contributed by atoms with E-state index >= 15 is 0 Å². The lowest BCUT2D eigenvalue weighted by atomic mass is 10.2. The fourth-order valence-corrected chi connectivity index (χ4v) is 2.67. The largest absolute Gasteiger partial charge is 0.478 e. The minimum absolute atomic E-state index is 0.603. The number of hydrogen-bond acceptors (Lipinski definition) is 6. The normalized spacial score (nSPS) is 10.7. The molecule has 0 bridgehead atoms. The SMILES string of the molecule is CCOc1ncccc1CNc1ncnc2sccc12. The van der Waals surface area contributed by atoms with E-state index in [4.69, 9.17) is 4.74 Å². The zero-order valence-electron chi connectivity index (χ0n) is 11.0. The summed E-state index contributed by atoms with van der Waals surface area (Å²) in [4.78, 5) is 13.8. The Morgan fingerprint density at radius 3 is 3.10 bits per heavy atom. The van der Waals surface area contributed by atoms with E-state index in [-0.39, 0.29) is 0 Å². The maximum atomic E-state index is 5.52. The van der Waals surface area contributed by atoms with Crippen molar-refractivity contribution >= 4 is 27.4 Å². The van der Waals surface area contributed by atoms with Gasteiger partial charge in [0.1, 0.15) is 17.0 Å². The molecule has 3 aromatic rings. The van der Waals surface area contributed by atoms with Crippen molar-refractivity contribution in [2.75, 3.05) is 11.9 Å². The molecule has 0 saturated heterocycles. The van der Waals surface area contributed by atoms with Crippen molar-refractivity contribution in [2.24, 2.45) is 0 Å². The van der Waals surface area contributed by atoms with Crippen molar-refractivity contribution in [3.05, 3.63) is 41.7 Å². The molecule has 0 fully saturated rings. The van der Waals surface area contributed by atoms with Crippen molar-refractivity contribution in [3.63, 3.8) is 0 Å². The van der Waals surface area contributed by atoms with Gasteiger partial charge in [0.2, 0.25) is 5.88 Å². The third kappa shape index (κ3) is 2.55. The zero-order valence-corrected chi connectivity index (χ0v) is 11.9. The number of anilines is 1. The third-order valence-corrected chi connectivity index (χ3v) is 3.66. The first-order valence-electron chi connectivity index (χ1n) is 6.37. The molecule has 0 unspecified atom stereocenters. The predicted molar refractivity (Wildman–Crippen MR) is 80.1 cm³/mol. The summed E-state index contributed by atoms with van der Waals surface area (Å²) in [7, 11) is 0. The number of aromatic nitrogens is 3. The molecule has 0 spiro atoms. The number of hydrogen-bond donors (Lipinski definition) is 1. The molecule has 20 heavy (non-hydrogen) atoms. The van der Waals surface area contributed by atoms with Gasteiger partial charge in [0, 0.05) is 18.3 Å². The van der Waals surface area contributed by atoms with E-state index in [1.54, 1.807) is 23.9 Å². The van der Waals surface area contributed by atoms with Crippen molar-refractivity contribution < 1.29 is 4.74 Å². The summed E-state index contributed by atoms with van der Waals surface area (Å²) in [5.74, 6) is 1.50. The monoisotopic (exact) mass is 286 g/mol. The van der Waals surface area contributed by atoms with Crippen LogP contribution in [0.5, 0.6) is 5.88 Å². The highest BCUT2D eigenvalue weighted by Crippen LogP contribution is 2.24. The topological polar surface area (TPSA) is 59.9 Å². The van der Waals surface area contributed by atoms with Crippen LogP contribution in [-0.4, -0.2) is 21.6 Å². The molecule has 3 aromatic heterocycles. The van der Waals surface area contributed by atoms with Crippen molar-refractivity contribution in [2.45, 2.75) is 13.5 Å². The first-order valence-corrected chi connectivity index (χ1v) is 7.25. The molecule has 0 amide bonds. The van der Waals surface area contributed by atoms with Gasteiger partial charge in [-0.05, 0) is 24.4 Å². The van der Waals surface area contributed by atoms with Crippen LogP contribution in [0.2, 0.25) is 0 Å². The molecule has 0 radical (unpaired) electrons. The fourth-order valence-electron chi connectivity index (χ4n) is 1.94. The van der Waals surface area contributed by atoms with E-state index < -0.39 is 0 Å². The molecule has 5 nitrogen and oxygen atoms in total. The van der Waals surface area contributed by atoms with Crippen LogP contribution in [0.25, 0.3) is 10.2 Å². The second-order valence-electron chi connectivity index (χ2n) is 4.12. The lowest BCUT2D eigenvalue weighted by molar-refractivity contribution is 0.323. The summed E-state index contributed by atoms with van der Waals surface area (Å²) in [5.41, 5.74) is 1.01. The van der Waals surface area contributed by atoms with Gasteiger partial charge in [-0.3, -0.25) is 0 Å². The first-order chi connectivity index (χ1) is 9.88. The molecule has 0 aliphatic carbocycles. The van der Waals surface area contributed by atoms with Crippen molar-refractivity contribution in [3.8, 4) is 5.88 Å². The molecule has 102 valence electrons. The van der Waals surface area contributed by atoms with Crippen molar-refractivity contribution in [1.82, 2.24) is 15.0 Å². The molecule has 3 heterocycles. The lowest BCUT2D eigenvalue weighted by Crippen LogP contribution is -2.05. The number of thiophene rings is 1. The molecule has 0 aliphatic heterocycles. The van der Waals surface area contributed by atoms with Crippen LogP contribution in [0.15, 0.2) is 36.1 Å². The molecule has 6 heteroatoms. The smallest absolute Gasteiger partial charge is 0.218 e. The van der Waals surface area contributed by atoms with Gasteiger partial charge in [-0.2, -0.15) is 0 Å². The van der Waals surface area contributed by atoms with E-state index in [9.17, 15) is 0 Å². The quantitative estimate of drug-likeness (QED) is 0.781. The molecule has 0 aliphatic rings. The lowest BCUT2D eigenvalue weighted by Gasteiger charge is -2.10. The Bertz CT molecular complexity index is 713. The van der Waals surface area contributed by atoms with Crippen molar-refractivity contribution in [1.29, 1.82) is 0 Å². The third-order valence-electron chi connectivity index (χ3n) is 2.84. The summed E-state index contributed by atoms with van der Waals surface area (Å²) in [6.07, 6.45) is 3.31. The van der Waals surface area contributed by atoms with E-state index in [0.717, 1.165) is 21.6 Å². The van der Waals surface area contributed by atoms with Gasteiger partial charge in [0.05, 0.1) is 12.0 Å². The summed E-state index contributed by atoms with van der Waals surface area (Å²) in [6.45, 7) is 3.17. The minimum Gasteiger partial charge on any atom is -0.478 e. The van der Waals surface area contributed by atoms with Gasteiger partial charge < -0.3 is 10.1 Å². The van der Waals surface area contributed by atoms with Crippen LogP contribution in [0.4, 0.5) is 5.82 Å². The Balaban J connectivity index is 1.81. The highest BCUT2D eigenvalue weighted by molar-refractivity contribution is 7.16. The molecule has 0 atom stereocenters. The maximum Gasteiger partial charge on any atom is 0.218 e. The summed E-state index contributed by atoms with van der Waals surface area (Å²) < 4.78 is 5.52. The Hall–Kier alpha value is -2.21. The van der Waals surface area contributed by atoms with Gasteiger partial charge in [-0.1, -0.05) is 6.07 Å². The minimum atomic E-state index is 0.603. The predicted octanol–water partition coefficient (Wildman–Crippen LogP) is 3.10. The van der Waals surface area contributed by atoms with Crippen LogP contribution in [0.3, 0.4) is 0 Å². The van der Waals surface area contributed by atoms with Crippen LogP contribution < -0.4 is 10.1 Å². The summed E-state index contributed by atoms with van der Waals surface area (Å²) >= 11 is 1.61. The number of pyridine rings is 1. The maximum absolute atomic E-state index is 5.52. The van der Waals surface area contributed by atoms with Crippen LogP contribution in [0, 0.1) is 0 Å². The molecule has 3 rings (SSSR count). The zero-order chi connectivity index (χ0) is 13.8. The van der Waals surface area contributed by atoms with Gasteiger partial charge >= 0.3 is 0 Å². The highest BCUT2D eigenvalue weighted by Gasteiger charge is 2.07. The van der Waals surface area contributed by atoms with E-state index in [1.165, 1.54) is 0 Å². The van der Waals surface area contributed by atoms with Gasteiger partial charge in [0.15, 0.2) is 0 Å². The average molecular weight is 286 g/mol. The second kappa shape index (κ2) is 5.83. The van der Waals surface area contributed by atoms with Crippen LogP contribution in [0.1, 0.15) is 12.5 Å². The number of ether oxygens (including phenoxy) is 1. The standard InChI is InChI=1S/C14H14N4OS/c1-2-19-13-10(4-3-6-15-13)8-16-12-11-5-7-20-14(11)18-9-17-12/h3-7,9H,2,8H2,1H3,(H,16,17,18). The van der Waals surface area contributed by atoms with Gasteiger partial charge in [-0.15, -0.1) is 11.3 Å². The fraction of sp³-hybridized carbons (Fsp3) is 0.214. The summed E-state index contributed by atoms with van der Waals surface area (Å²) in [6, 6.07) is 5.92. The molecule has 0 saturated carbocycles. The Morgan fingerprint density at radius 2 is 2.20 bits per heavy atom. The summed E-state index contributed by atoms with van der Waals surface area (Å²) in [5, 5.41) is 6.38.